The minimum absolute atomic E-state index is 0.136. The topological polar surface area (TPSA) is 23.6 Å². The molecule has 84 valence electrons. The Kier molecular flexibility index (Phi) is 7.01. The Morgan fingerprint density at radius 3 is 2.29 bits per heavy atom. The Morgan fingerprint density at radius 2 is 1.86 bits per heavy atom. The highest BCUT2D eigenvalue weighted by molar-refractivity contribution is 7.99. The van der Waals surface area contributed by atoms with E-state index in [4.69, 9.17) is 0 Å². The first-order valence-corrected chi connectivity index (χ1v) is 6.04. The molecule has 0 aromatic carbocycles. The SMILES string of the molecule is C[C@H](CSCCN(C)C)C(=O)N(C)C. The summed E-state index contributed by atoms with van der Waals surface area (Å²) in [6.07, 6.45) is 0. The standard InChI is InChI=1S/C10H22N2OS/c1-9(10(13)12(4)5)8-14-7-6-11(2)3/h9H,6-8H2,1-5H3/t9-/m1/s1. The number of amides is 1. The van der Waals surface area contributed by atoms with Crippen LogP contribution in [0.3, 0.4) is 0 Å². The summed E-state index contributed by atoms with van der Waals surface area (Å²) in [6.45, 7) is 3.07. The summed E-state index contributed by atoms with van der Waals surface area (Å²) < 4.78 is 0. The Bertz CT molecular complexity index is 172. The maximum absolute atomic E-state index is 11.5. The van der Waals surface area contributed by atoms with Crippen molar-refractivity contribution in [2.75, 3.05) is 46.2 Å². The van der Waals surface area contributed by atoms with Crippen molar-refractivity contribution in [1.29, 1.82) is 0 Å². The number of hydrogen-bond acceptors (Lipinski definition) is 3. The maximum atomic E-state index is 11.5. The van der Waals surface area contributed by atoms with E-state index in [0.717, 1.165) is 18.1 Å². The summed E-state index contributed by atoms with van der Waals surface area (Å²) >= 11 is 1.85. The van der Waals surface area contributed by atoms with Gasteiger partial charge in [-0.3, -0.25) is 4.79 Å². The Morgan fingerprint density at radius 1 is 1.29 bits per heavy atom. The van der Waals surface area contributed by atoms with Gasteiger partial charge in [0.05, 0.1) is 0 Å². The van der Waals surface area contributed by atoms with Crippen LogP contribution >= 0.6 is 11.8 Å². The second-order valence-corrected chi connectivity index (χ2v) is 5.16. The molecule has 0 N–H and O–H groups in total. The van der Waals surface area contributed by atoms with E-state index in [0.29, 0.717) is 0 Å². The maximum Gasteiger partial charge on any atom is 0.225 e. The monoisotopic (exact) mass is 218 g/mol. The van der Waals surface area contributed by atoms with Gasteiger partial charge in [-0.25, -0.2) is 0 Å². The van der Waals surface area contributed by atoms with Gasteiger partial charge in [-0.2, -0.15) is 11.8 Å². The fraction of sp³-hybridized carbons (Fsp3) is 0.900. The summed E-state index contributed by atoms with van der Waals surface area (Å²) in [5.74, 6) is 2.38. The molecule has 0 aliphatic heterocycles. The van der Waals surface area contributed by atoms with E-state index in [9.17, 15) is 4.79 Å². The average molecular weight is 218 g/mol. The smallest absolute Gasteiger partial charge is 0.225 e. The zero-order valence-corrected chi connectivity index (χ0v) is 10.7. The number of carbonyl (C=O) groups excluding carboxylic acids is 1. The fourth-order valence-corrected chi connectivity index (χ4v) is 2.18. The summed E-state index contributed by atoms with van der Waals surface area (Å²) in [6, 6.07) is 0. The Balaban J connectivity index is 3.54. The lowest BCUT2D eigenvalue weighted by molar-refractivity contribution is -0.131. The van der Waals surface area contributed by atoms with Crippen molar-refractivity contribution in [2.24, 2.45) is 5.92 Å². The van der Waals surface area contributed by atoms with Crippen LogP contribution in [0, 0.1) is 5.92 Å². The first-order chi connectivity index (χ1) is 6.45. The normalized spacial score (nSPS) is 13.0. The van der Waals surface area contributed by atoms with E-state index in [1.54, 1.807) is 4.90 Å². The van der Waals surface area contributed by atoms with Crippen LogP contribution in [-0.2, 0) is 4.79 Å². The third kappa shape index (κ3) is 6.27. The van der Waals surface area contributed by atoms with Crippen molar-refractivity contribution in [3.05, 3.63) is 0 Å². The molecule has 14 heavy (non-hydrogen) atoms. The molecule has 0 aliphatic rings. The number of hydrogen-bond donors (Lipinski definition) is 0. The summed E-state index contributed by atoms with van der Waals surface area (Å²) in [5, 5.41) is 0. The number of thioether (sulfide) groups is 1. The second-order valence-electron chi connectivity index (χ2n) is 4.01. The van der Waals surface area contributed by atoms with Crippen LogP contribution in [-0.4, -0.2) is 61.9 Å². The van der Waals surface area contributed by atoms with Crippen LogP contribution in [0.15, 0.2) is 0 Å². The predicted molar refractivity (Wildman–Crippen MR) is 63.7 cm³/mol. The van der Waals surface area contributed by atoms with Crippen LogP contribution in [0.2, 0.25) is 0 Å². The van der Waals surface area contributed by atoms with E-state index in [1.807, 2.05) is 32.8 Å². The van der Waals surface area contributed by atoms with Crippen molar-refractivity contribution in [1.82, 2.24) is 9.80 Å². The Hall–Kier alpha value is -0.220. The summed E-state index contributed by atoms with van der Waals surface area (Å²) in [4.78, 5) is 15.3. The first kappa shape index (κ1) is 13.8. The molecule has 1 atom stereocenters. The van der Waals surface area contributed by atoms with Crippen molar-refractivity contribution >= 4 is 17.7 Å². The molecule has 0 radical (unpaired) electrons. The van der Waals surface area contributed by atoms with Crippen molar-refractivity contribution < 1.29 is 4.79 Å². The molecule has 3 nitrogen and oxygen atoms in total. The van der Waals surface area contributed by atoms with Crippen LogP contribution in [0.4, 0.5) is 0 Å². The molecule has 1 amide bonds. The molecule has 0 heterocycles. The van der Waals surface area contributed by atoms with Gasteiger partial charge in [-0.1, -0.05) is 6.92 Å². The molecule has 4 heteroatoms. The molecule has 0 spiro atoms. The van der Waals surface area contributed by atoms with E-state index >= 15 is 0 Å². The third-order valence-electron chi connectivity index (χ3n) is 1.91. The first-order valence-electron chi connectivity index (χ1n) is 4.88. The van der Waals surface area contributed by atoms with Crippen LogP contribution in [0.5, 0.6) is 0 Å². The molecule has 0 fully saturated rings. The highest BCUT2D eigenvalue weighted by Gasteiger charge is 2.14. The predicted octanol–water partition coefficient (Wildman–Crippen LogP) is 1.01. The highest BCUT2D eigenvalue weighted by atomic mass is 32.2. The minimum atomic E-state index is 0.136. The van der Waals surface area contributed by atoms with Gasteiger partial charge in [0.15, 0.2) is 0 Å². The van der Waals surface area contributed by atoms with Crippen molar-refractivity contribution in [3.63, 3.8) is 0 Å². The van der Waals surface area contributed by atoms with Gasteiger partial charge in [0.2, 0.25) is 5.91 Å². The van der Waals surface area contributed by atoms with Crippen LogP contribution in [0.25, 0.3) is 0 Å². The highest BCUT2D eigenvalue weighted by Crippen LogP contribution is 2.09. The van der Waals surface area contributed by atoms with Gasteiger partial charge in [0, 0.05) is 38.1 Å². The zero-order chi connectivity index (χ0) is 11.1. The van der Waals surface area contributed by atoms with Crippen LogP contribution < -0.4 is 0 Å². The summed E-state index contributed by atoms with van der Waals surface area (Å²) in [5.41, 5.74) is 0. The van der Waals surface area contributed by atoms with E-state index in [2.05, 4.69) is 19.0 Å². The number of nitrogens with zero attached hydrogens (tertiary/aromatic N) is 2. The van der Waals surface area contributed by atoms with Gasteiger partial charge < -0.3 is 9.80 Å². The van der Waals surface area contributed by atoms with Gasteiger partial charge >= 0.3 is 0 Å². The molecule has 0 unspecified atom stereocenters. The average Bonchev–Trinajstić information content (AvgIpc) is 2.10. The number of carbonyl (C=O) groups is 1. The molecular formula is C10H22N2OS. The second kappa shape index (κ2) is 7.12. The Labute approximate surface area is 91.8 Å². The van der Waals surface area contributed by atoms with Gasteiger partial charge in [0.25, 0.3) is 0 Å². The minimum Gasteiger partial charge on any atom is -0.349 e. The van der Waals surface area contributed by atoms with E-state index in [-0.39, 0.29) is 11.8 Å². The molecule has 0 bridgehead atoms. The van der Waals surface area contributed by atoms with E-state index in [1.165, 1.54) is 0 Å². The molecule has 0 rings (SSSR count). The van der Waals surface area contributed by atoms with Gasteiger partial charge in [0.1, 0.15) is 0 Å². The van der Waals surface area contributed by atoms with E-state index < -0.39 is 0 Å². The molecule has 0 aliphatic carbocycles. The van der Waals surface area contributed by atoms with Crippen LogP contribution in [0.1, 0.15) is 6.92 Å². The molecular weight excluding hydrogens is 196 g/mol. The third-order valence-corrected chi connectivity index (χ3v) is 3.12. The quantitative estimate of drug-likeness (QED) is 0.622. The lowest BCUT2D eigenvalue weighted by atomic mass is 10.2. The molecule has 0 aromatic rings. The summed E-state index contributed by atoms with van der Waals surface area (Å²) in [7, 11) is 7.75. The van der Waals surface area contributed by atoms with Gasteiger partial charge in [-0.05, 0) is 14.1 Å². The fourth-order valence-electron chi connectivity index (χ4n) is 1.02. The lowest BCUT2D eigenvalue weighted by Gasteiger charge is -2.16. The number of rotatable bonds is 6. The molecule has 0 saturated heterocycles. The lowest BCUT2D eigenvalue weighted by Crippen LogP contribution is -2.29. The van der Waals surface area contributed by atoms with Gasteiger partial charge in [-0.15, -0.1) is 0 Å². The van der Waals surface area contributed by atoms with Crippen molar-refractivity contribution in [2.45, 2.75) is 6.92 Å². The zero-order valence-electron chi connectivity index (χ0n) is 9.91. The van der Waals surface area contributed by atoms with Crippen molar-refractivity contribution in [3.8, 4) is 0 Å². The molecule has 0 aromatic heterocycles. The molecule has 0 saturated carbocycles. The largest absolute Gasteiger partial charge is 0.349 e.